The SMILES string of the molecule is Nc1nc2c(s1)CN(C(=O)[C@@H]1CC3(CCNCC3)CN1)CC2. The summed E-state index contributed by atoms with van der Waals surface area (Å²) in [5.41, 5.74) is 7.20. The third kappa shape index (κ3) is 2.51. The van der Waals surface area contributed by atoms with Crippen LogP contribution >= 0.6 is 11.3 Å². The molecule has 0 unspecified atom stereocenters. The number of nitrogens with one attached hydrogen (secondary N) is 2. The van der Waals surface area contributed by atoms with Crippen LogP contribution in [-0.4, -0.2) is 48.0 Å². The smallest absolute Gasteiger partial charge is 0.240 e. The van der Waals surface area contributed by atoms with E-state index < -0.39 is 0 Å². The highest BCUT2D eigenvalue weighted by molar-refractivity contribution is 7.15. The molecule has 1 atom stereocenters. The molecule has 120 valence electrons. The fourth-order valence-corrected chi connectivity index (χ4v) is 4.95. The Labute approximate surface area is 134 Å². The lowest BCUT2D eigenvalue weighted by Gasteiger charge is -2.33. The minimum absolute atomic E-state index is 0.00933. The maximum absolute atomic E-state index is 12.8. The highest BCUT2D eigenvalue weighted by atomic mass is 32.1. The predicted molar refractivity (Wildman–Crippen MR) is 86.6 cm³/mol. The molecule has 0 bridgehead atoms. The molecule has 1 aromatic heterocycles. The third-order valence-electron chi connectivity index (χ3n) is 5.38. The fourth-order valence-electron chi connectivity index (χ4n) is 4.05. The van der Waals surface area contributed by atoms with Crippen molar-refractivity contribution in [3.8, 4) is 0 Å². The Kier molecular flexibility index (Phi) is 3.58. The van der Waals surface area contributed by atoms with Crippen molar-refractivity contribution in [3.05, 3.63) is 10.6 Å². The third-order valence-corrected chi connectivity index (χ3v) is 6.29. The van der Waals surface area contributed by atoms with Gasteiger partial charge in [0.15, 0.2) is 5.13 Å². The Hall–Kier alpha value is -1.18. The molecule has 4 rings (SSSR count). The number of carbonyl (C=O) groups is 1. The molecular weight excluding hydrogens is 298 g/mol. The number of nitrogen functional groups attached to an aromatic ring is 1. The predicted octanol–water partition coefficient (Wildman–Crippen LogP) is 0.342. The Balaban J connectivity index is 1.42. The van der Waals surface area contributed by atoms with Crippen molar-refractivity contribution in [2.45, 2.75) is 38.3 Å². The van der Waals surface area contributed by atoms with E-state index in [-0.39, 0.29) is 11.9 Å². The first-order valence-corrected chi connectivity index (χ1v) is 8.94. The average molecular weight is 321 g/mol. The normalized spacial score (nSPS) is 27.1. The number of rotatable bonds is 1. The number of anilines is 1. The van der Waals surface area contributed by atoms with Crippen molar-refractivity contribution in [1.29, 1.82) is 0 Å². The second kappa shape index (κ2) is 5.47. The summed E-state index contributed by atoms with van der Waals surface area (Å²) in [6.45, 7) is 4.58. The van der Waals surface area contributed by atoms with Gasteiger partial charge in [-0.3, -0.25) is 4.79 Å². The number of hydrogen-bond donors (Lipinski definition) is 3. The first kappa shape index (κ1) is 14.4. The number of carbonyl (C=O) groups excluding carboxylic acids is 1. The Bertz CT molecular complexity index is 580. The number of thiazole rings is 1. The number of aromatic nitrogens is 1. The minimum atomic E-state index is -0.00933. The summed E-state index contributed by atoms with van der Waals surface area (Å²) in [6.07, 6.45) is 4.18. The van der Waals surface area contributed by atoms with E-state index in [0.717, 1.165) is 49.6 Å². The van der Waals surface area contributed by atoms with Crippen molar-refractivity contribution in [2.75, 3.05) is 31.9 Å². The average Bonchev–Trinajstić information content (AvgIpc) is 3.09. The maximum atomic E-state index is 12.8. The molecule has 22 heavy (non-hydrogen) atoms. The summed E-state index contributed by atoms with van der Waals surface area (Å²) in [5, 5.41) is 7.52. The van der Waals surface area contributed by atoms with E-state index in [1.807, 2.05) is 4.90 Å². The highest BCUT2D eigenvalue weighted by Gasteiger charge is 2.43. The van der Waals surface area contributed by atoms with Gasteiger partial charge in [0.1, 0.15) is 0 Å². The standard InChI is InChI=1S/C15H23N5OS/c16-14-19-10-1-6-20(8-12(10)22-14)13(21)11-7-15(9-18-11)2-4-17-5-3-15/h11,17-18H,1-9H2,(H2,16,19)/t11-/m0/s1. The van der Waals surface area contributed by atoms with Crippen LogP contribution in [0.5, 0.6) is 0 Å². The van der Waals surface area contributed by atoms with E-state index in [1.54, 1.807) is 0 Å². The maximum Gasteiger partial charge on any atom is 0.240 e. The van der Waals surface area contributed by atoms with Crippen molar-refractivity contribution in [3.63, 3.8) is 0 Å². The minimum Gasteiger partial charge on any atom is -0.375 e. The quantitative estimate of drug-likeness (QED) is 0.695. The number of hydrogen-bond acceptors (Lipinski definition) is 6. The molecule has 7 heteroatoms. The molecule has 0 radical (unpaired) electrons. The zero-order valence-corrected chi connectivity index (χ0v) is 13.5. The zero-order chi connectivity index (χ0) is 15.2. The lowest BCUT2D eigenvalue weighted by Crippen LogP contribution is -2.45. The number of fused-ring (bicyclic) bond motifs is 1. The van der Waals surface area contributed by atoms with Gasteiger partial charge >= 0.3 is 0 Å². The van der Waals surface area contributed by atoms with Crippen LogP contribution in [0.15, 0.2) is 0 Å². The molecule has 3 aliphatic rings. The van der Waals surface area contributed by atoms with Gasteiger partial charge in [-0.1, -0.05) is 0 Å². The number of nitrogens with zero attached hydrogens (tertiary/aromatic N) is 2. The summed E-state index contributed by atoms with van der Waals surface area (Å²) in [5.74, 6) is 0.257. The van der Waals surface area contributed by atoms with Crippen LogP contribution in [0.2, 0.25) is 0 Å². The van der Waals surface area contributed by atoms with E-state index in [0.29, 0.717) is 17.1 Å². The molecule has 3 aliphatic heterocycles. The molecule has 1 amide bonds. The zero-order valence-electron chi connectivity index (χ0n) is 12.7. The Morgan fingerprint density at radius 1 is 1.41 bits per heavy atom. The molecule has 0 saturated carbocycles. The molecule has 0 aliphatic carbocycles. The lowest BCUT2D eigenvalue weighted by molar-refractivity contribution is -0.134. The molecule has 2 saturated heterocycles. The van der Waals surface area contributed by atoms with E-state index in [4.69, 9.17) is 5.73 Å². The Morgan fingerprint density at radius 2 is 2.23 bits per heavy atom. The molecule has 0 aromatic carbocycles. The molecule has 4 N–H and O–H groups in total. The van der Waals surface area contributed by atoms with Gasteiger partial charge in [0, 0.05) is 24.4 Å². The first-order chi connectivity index (χ1) is 10.7. The molecule has 6 nitrogen and oxygen atoms in total. The summed E-state index contributed by atoms with van der Waals surface area (Å²) in [4.78, 5) is 20.3. The van der Waals surface area contributed by atoms with E-state index in [2.05, 4.69) is 15.6 Å². The van der Waals surface area contributed by atoms with Crippen LogP contribution in [0, 0.1) is 5.41 Å². The summed E-state index contributed by atoms with van der Waals surface area (Å²) >= 11 is 1.52. The molecule has 1 spiro atoms. The Morgan fingerprint density at radius 3 is 3.05 bits per heavy atom. The lowest BCUT2D eigenvalue weighted by atomic mass is 9.77. The van der Waals surface area contributed by atoms with Crippen molar-refractivity contribution < 1.29 is 4.79 Å². The van der Waals surface area contributed by atoms with Gasteiger partial charge < -0.3 is 21.3 Å². The van der Waals surface area contributed by atoms with Crippen LogP contribution in [0.3, 0.4) is 0 Å². The fraction of sp³-hybridized carbons (Fsp3) is 0.733. The van der Waals surface area contributed by atoms with Crippen molar-refractivity contribution >= 4 is 22.4 Å². The summed E-state index contributed by atoms with van der Waals surface area (Å²) < 4.78 is 0. The van der Waals surface area contributed by atoms with Gasteiger partial charge in [0.05, 0.1) is 18.3 Å². The van der Waals surface area contributed by atoms with Gasteiger partial charge in [0.25, 0.3) is 0 Å². The summed E-state index contributed by atoms with van der Waals surface area (Å²) in [6, 6.07) is -0.00933. The van der Waals surface area contributed by atoms with Gasteiger partial charge in [-0.25, -0.2) is 4.98 Å². The molecular formula is C15H23N5OS. The van der Waals surface area contributed by atoms with Gasteiger partial charge in [-0.15, -0.1) is 11.3 Å². The van der Waals surface area contributed by atoms with Gasteiger partial charge in [-0.05, 0) is 37.8 Å². The summed E-state index contributed by atoms with van der Waals surface area (Å²) in [7, 11) is 0. The topological polar surface area (TPSA) is 83.3 Å². The van der Waals surface area contributed by atoms with Crippen LogP contribution < -0.4 is 16.4 Å². The van der Waals surface area contributed by atoms with E-state index in [9.17, 15) is 4.79 Å². The van der Waals surface area contributed by atoms with Crippen LogP contribution in [0.4, 0.5) is 5.13 Å². The van der Waals surface area contributed by atoms with Crippen LogP contribution in [-0.2, 0) is 17.8 Å². The van der Waals surface area contributed by atoms with Crippen molar-refractivity contribution in [2.24, 2.45) is 5.41 Å². The number of nitrogens with two attached hydrogens (primary N) is 1. The first-order valence-electron chi connectivity index (χ1n) is 8.12. The van der Waals surface area contributed by atoms with E-state index >= 15 is 0 Å². The van der Waals surface area contributed by atoms with Gasteiger partial charge in [0.2, 0.25) is 5.91 Å². The molecule has 2 fully saturated rings. The molecule has 1 aromatic rings. The molecule has 4 heterocycles. The second-order valence-electron chi connectivity index (χ2n) is 6.82. The number of piperidine rings is 1. The number of amides is 1. The second-order valence-corrected chi connectivity index (χ2v) is 7.93. The van der Waals surface area contributed by atoms with Crippen molar-refractivity contribution in [1.82, 2.24) is 20.5 Å². The van der Waals surface area contributed by atoms with E-state index in [1.165, 1.54) is 24.2 Å². The monoisotopic (exact) mass is 321 g/mol. The van der Waals surface area contributed by atoms with Gasteiger partial charge in [-0.2, -0.15) is 0 Å². The highest BCUT2D eigenvalue weighted by Crippen LogP contribution is 2.38. The largest absolute Gasteiger partial charge is 0.375 e. The van der Waals surface area contributed by atoms with Crippen LogP contribution in [0.1, 0.15) is 29.8 Å². The van der Waals surface area contributed by atoms with Crippen LogP contribution in [0.25, 0.3) is 0 Å².